The van der Waals surface area contributed by atoms with E-state index in [9.17, 15) is 10.1 Å². The third kappa shape index (κ3) is 6.99. The second-order valence-electron chi connectivity index (χ2n) is 6.91. The zero-order valence-corrected chi connectivity index (χ0v) is 20.5. The van der Waals surface area contributed by atoms with E-state index >= 15 is 0 Å². The zero-order valence-electron chi connectivity index (χ0n) is 18.3. The van der Waals surface area contributed by atoms with Crippen molar-refractivity contribution in [3.8, 4) is 23.3 Å². The fourth-order valence-electron chi connectivity index (χ4n) is 2.95. The number of carbonyl (C=O) groups excluding carboxylic acids is 1. The van der Waals surface area contributed by atoms with Gasteiger partial charge in [0.25, 0.3) is 5.91 Å². The number of carbonyl (C=O) groups is 1. The van der Waals surface area contributed by atoms with Crippen molar-refractivity contribution in [1.29, 1.82) is 5.26 Å². The molecule has 0 aliphatic carbocycles. The molecule has 33 heavy (non-hydrogen) atoms. The molecular formula is C26H23IN2O4. The van der Waals surface area contributed by atoms with Crippen molar-refractivity contribution in [3.05, 3.63) is 87.0 Å². The molecule has 6 nitrogen and oxygen atoms in total. The Morgan fingerprint density at radius 2 is 1.76 bits per heavy atom. The van der Waals surface area contributed by atoms with E-state index in [1.54, 1.807) is 49.6 Å². The van der Waals surface area contributed by atoms with E-state index in [4.69, 9.17) is 14.2 Å². The van der Waals surface area contributed by atoms with Crippen LogP contribution in [0.1, 0.15) is 18.1 Å². The minimum atomic E-state index is -0.500. The highest BCUT2D eigenvalue weighted by Gasteiger charge is 2.12. The topological polar surface area (TPSA) is 80.6 Å². The van der Waals surface area contributed by atoms with Crippen LogP contribution in [-0.4, -0.2) is 19.6 Å². The molecule has 0 unspecified atom stereocenters. The SMILES string of the molecule is CCOc1ccc(NC(=O)/C(C#N)=C\c2ccc(OCc3ccc(I)cc3)c(OC)c2)cc1. The van der Waals surface area contributed by atoms with Gasteiger partial charge in [-0.15, -0.1) is 0 Å². The maximum Gasteiger partial charge on any atom is 0.266 e. The minimum Gasteiger partial charge on any atom is -0.494 e. The highest BCUT2D eigenvalue weighted by atomic mass is 127. The molecule has 0 aliphatic rings. The van der Waals surface area contributed by atoms with Gasteiger partial charge in [0.2, 0.25) is 0 Å². The predicted molar refractivity (Wildman–Crippen MR) is 136 cm³/mol. The lowest BCUT2D eigenvalue weighted by Crippen LogP contribution is -2.13. The van der Waals surface area contributed by atoms with E-state index in [-0.39, 0.29) is 5.57 Å². The number of benzene rings is 3. The van der Waals surface area contributed by atoms with Gasteiger partial charge in [-0.25, -0.2) is 0 Å². The van der Waals surface area contributed by atoms with Gasteiger partial charge < -0.3 is 19.5 Å². The Bertz CT molecular complexity index is 1170. The van der Waals surface area contributed by atoms with Gasteiger partial charge in [-0.3, -0.25) is 4.79 Å². The Balaban J connectivity index is 1.71. The smallest absolute Gasteiger partial charge is 0.266 e. The average Bonchev–Trinajstić information content (AvgIpc) is 2.83. The molecule has 0 saturated heterocycles. The number of nitrogens with zero attached hydrogens (tertiary/aromatic N) is 1. The molecule has 0 atom stereocenters. The molecule has 0 saturated carbocycles. The molecule has 0 fully saturated rings. The van der Waals surface area contributed by atoms with Crippen LogP contribution in [0.25, 0.3) is 6.08 Å². The lowest BCUT2D eigenvalue weighted by molar-refractivity contribution is -0.112. The van der Waals surface area contributed by atoms with Crippen molar-refractivity contribution in [1.82, 2.24) is 0 Å². The molecule has 0 bridgehead atoms. The summed E-state index contributed by atoms with van der Waals surface area (Å²) in [5, 5.41) is 12.2. The van der Waals surface area contributed by atoms with Gasteiger partial charge in [0.05, 0.1) is 13.7 Å². The third-order valence-electron chi connectivity index (χ3n) is 4.59. The van der Waals surface area contributed by atoms with Gasteiger partial charge in [0.1, 0.15) is 24.0 Å². The van der Waals surface area contributed by atoms with Crippen molar-refractivity contribution < 1.29 is 19.0 Å². The van der Waals surface area contributed by atoms with Crippen molar-refractivity contribution in [2.45, 2.75) is 13.5 Å². The van der Waals surface area contributed by atoms with Crippen LogP contribution in [0, 0.1) is 14.9 Å². The Morgan fingerprint density at radius 1 is 1.03 bits per heavy atom. The molecule has 0 radical (unpaired) electrons. The molecular weight excluding hydrogens is 531 g/mol. The maximum absolute atomic E-state index is 12.6. The van der Waals surface area contributed by atoms with Gasteiger partial charge in [-0.05, 0) is 95.2 Å². The maximum atomic E-state index is 12.6. The molecule has 3 aromatic rings. The van der Waals surface area contributed by atoms with Gasteiger partial charge in [0, 0.05) is 9.26 Å². The number of nitriles is 1. The first-order valence-corrected chi connectivity index (χ1v) is 11.3. The van der Waals surface area contributed by atoms with E-state index in [0.717, 1.165) is 9.13 Å². The van der Waals surface area contributed by atoms with Crippen molar-refractivity contribution in [2.75, 3.05) is 19.0 Å². The summed E-state index contributed by atoms with van der Waals surface area (Å²) in [5.41, 5.74) is 2.23. The van der Waals surface area contributed by atoms with Gasteiger partial charge in [0.15, 0.2) is 11.5 Å². The summed E-state index contributed by atoms with van der Waals surface area (Å²) in [4.78, 5) is 12.6. The Hall–Kier alpha value is -3.51. The number of ether oxygens (including phenoxy) is 3. The molecule has 0 heterocycles. The Kier molecular flexibility index (Phi) is 8.72. The fraction of sp³-hybridized carbons (Fsp3) is 0.154. The first-order chi connectivity index (χ1) is 16.0. The largest absolute Gasteiger partial charge is 0.494 e. The summed E-state index contributed by atoms with van der Waals surface area (Å²) < 4.78 is 17.9. The van der Waals surface area contributed by atoms with E-state index < -0.39 is 5.91 Å². The van der Waals surface area contributed by atoms with Crippen molar-refractivity contribution in [2.24, 2.45) is 0 Å². The van der Waals surface area contributed by atoms with Crippen LogP contribution in [0.15, 0.2) is 72.3 Å². The quantitative estimate of drug-likeness (QED) is 0.205. The highest BCUT2D eigenvalue weighted by molar-refractivity contribution is 14.1. The summed E-state index contributed by atoms with van der Waals surface area (Å²) in [5.74, 6) is 1.30. The molecule has 7 heteroatoms. The van der Waals surface area contributed by atoms with E-state index in [2.05, 4.69) is 27.9 Å². The number of nitrogens with one attached hydrogen (secondary N) is 1. The predicted octanol–water partition coefficient (Wildman–Crippen LogP) is 5.82. The Labute approximate surface area is 206 Å². The van der Waals surface area contributed by atoms with Crippen LogP contribution in [-0.2, 0) is 11.4 Å². The first kappa shape index (κ1) is 24.1. The molecule has 168 valence electrons. The second kappa shape index (κ2) is 11.9. The van der Waals surface area contributed by atoms with Crippen LogP contribution in [0.4, 0.5) is 5.69 Å². The number of anilines is 1. The fourth-order valence-corrected chi connectivity index (χ4v) is 3.31. The monoisotopic (exact) mass is 554 g/mol. The number of halogens is 1. The number of methoxy groups -OCH3 is 1. The normalized spacial score (nSPS) is 10.8. The van der Waals surface area contributed by atoms with Gasteiger partial charge in [-0.1, -0.05) is 18.2 Å². The standard InChI is InChI=1S/C26H23IN2O4/c1-3-32-23-11-9-22(10-12-23)29-26(30)20(16-28)14-19-6-13-24(25(15-19)31-2)33-17-18-4-7-21(27)8-5-18/h4-15H,3,17H2,1-2H3,(H,29,30)/b20-14-. The van der Waals surface area contributed by atoms with Crippen LogP contribution < -0.4 is 19.5 Å². The summed E-state index contributed by atoms with van der Waals surface area (Å²) in [7, 11) is 1.55. The van der Waals surface area contributed by atoms with E-state index in [0.29, 0.717) is 41.7 Å². The summed E-state index contributed by atoms with van der Waals surface area (Å²) in [6.07, 6.45) is 1.51. The molecule has 3 aromatic carbocycles. The lowest BCUT2D eigenvalue weighted by atomic mass is 10.1. The van der Waals surface area contributed by atoms with Crippen LogP contribution in [0.5, 0.6) is 17.2 Å². The lowest BCUT2D eigenvalue weighted by Gasteiger charge is -2.12. The molecule has 0 aromatic heterocycles. The van der Waals surface area contributed by atoms with Gasteiger partial charge >= 0.3 is 0 Å². The number of amides is 1. The number of hydrogen-bond acceptors (Lipinski definition) is 5. The zero-order chi connectivity index (χ0) is 23.6. The number of rotatable bonds is 9. The number of hydrogen-bond donors (Lipinski definition) is 1. The van der Waals surface area contributed by atoms with Crippen molar-refractivity contribution >= 4 is 40.3 Å². The molecule has 1 N–H and O–H groups in total. The molecule has 3 rings (SSSR count). The summed E-state index contributed by atoms with van der Waals surface area (Å²) in [6, 6.07) is 22.2. The van der Waals surface area contributed by atoms with E-state index in [1.807, 2.05) is 37.3 Å². The molecule has 0 spiro atoms. The minimum absolute atomic E-state index is 0.0292. The summed E-state index contributed by atoms with van der Waals surface area (Å²) in [6.45, 7) is 2.86. The van der Waals surface area contributed by atoms with E-state index in [1.165, 1.54) is 6.08 Å². The van der Waals surface area contributed by atoms with Crippen molar-refractivity contribution in [3.63, 3.8) is 0 Å². The third-order valence-corrected chi connectivity index (χ3v) is 5.31. The second-order valence-corrected chi connectivity index (χ2v) is 8.15. The Morgan fingerprint density at radius 3 is 2.39 bits per heavy atom. The van der Waals surface area contributed by atoms with Gasteiger partial charge in [-0.2, -0.15) is 5.26 Å². The summed E-state index contributed by atoms with van der Waals surface area (Å²) >= 11 is 2.26. The van der Waals surface area contributed by atoms with Crippen LogP contribution in [0.3, 0.4) is 0 Å². The molecule has 1 amide bonds. The highest BCUT2D eigenvalue weighted by Crippen LogP contribution is 2.30. The first-order valence-electron chi connectivity index (χ1n) is 10.2. The average molecular weight is 554 g/mol. The van der Waals surface area contributed by atoms with Crippen LogP contribution >= 0.6 is 22.6 Å². The molecule has 0 aliphatic heterocycles. The van der Waals surface area contributed by atoms with Crippen LogP contribution in [0.2, 0.25) is 0 Å².